The number of hydrogen-bond acceptors (Lipinski definition) is 5. The molecule has 1 aromatic carbocycles. The topological polar surface area (TPSA) is 76.1 Å². The van der Waals surface area contributed by atoms with Crippen molar-refractivity contribution in [2.24, 2.45) is 0 Å². The number of hydroxylamine groups is 2. The number of hydrogen-bond donors (Lipinski definition) is 1. The van der Waals surface area contributed by atoms with Crippen molar-refractivity contribution in [1.82, 2.24) is 5.06 Å². The third kappa shape index (κ3) is 4.04. The first-order valence-electron chi connectivity index (χ1n) is 6.49. The van der Waals surface area contributed by atoms with Crippen LogP contribution in [0.2, 0.25) is 0 Å². The molecule has 1 aromatic rings. The Balaban J connectivity index is 1.71. The molecule has 20 heavy (non-hydrogen) atoms. The van der Waals surface area contributed by atoms with E-state index in [9.17, 15) is 9.59 Å². The average Bonchev–Trinajstić information content (AvgIpc) is 2.92. The minimum absolute atomic E-state index is 0.186. The van der Waals surface area contributed by atoms with Crippen LogP contribution in [0.3, 0.4) is 0 Å². The van der Waals surface area contributed by atoms with Gasteiger partial charge in [-0.25, -0.2) is 4.79 Å². The van der Waals surface area contributed by atoms with Crippen molar-refractivity contribution in [1.29, 1.82) is 0 Å². The van der Waals surface area contributed by atoms with Crippen LogP contribution in [0.5, 0.6) is 0 Å². The number of benzene rings is 1. The van der Waals surface area contributed by atoms with E-state index in [1.54, 1.807) is 0 Å². The highest BCUT2D eigenvalue weighted by atomic mass is 16.7. The van der Waals surface area contributed by atoms with Gasteiger partial charge >= 0.3 is 11.9 Å². The molecule has 1 heterocycles. The van der Waals surface area contributed by atoms with Gasteiger partial charge in [-0.1, -0.05) is 30.3 Å². The molecule has 1 fully saturated rings. The Morgan fingerprint density at radius 3 is 2.75 bits per heavy atom. The van der Waals surface area contributed by atoms with Crippen LogP contribution in [0.25, 0.3) is 0 Å². The number of carbonyl (C=O) groups is 2. The van der Waals surface area contributed by atoms with Gasteiger partial charge in [0.1, 0.15) is 12.6 Å². The monoisotopic (exact) mass is 279 g/mol. The van der Waals surface area contributed by atoms with Crippen LogP contribution in [-0.2, 0) is 25.8 Å². The highest BCUT2D eigenvalue weighted by Crippen LogP contribution is 2.17. The largest absolute Gasteiger partial charge is 0.480 e. The number of esters is 1. The van der Waals surface area contributed by atoms with E-state index in [0.717, 1.165) is 12.0 Å². The molecule has 1 aliphatic heterocycles. The molecule has 6 heteroatoms. The number of aliphatic carboxylic acids is 1. The summed E-state index contributed by atoms with van der Waals surface area (Å²) in [7, 11) is 0. The molecule has 0 spiro atoms. The van der Waals surface area contributed by atoms with Gasteiger partial charge in [-0.3, -0.25) is 9.63 Å². The molecule has 1 saturated heterocycles. The van der Waals surface area contributed by atoms with Gasteiger partial charge < -0.3 is 9.84 Å². The van der Waals surface area contributed by atoms with E-state index in [2.05, 4.69) is 0 Å². The SMILES string of the molecule is O=C(CON1CCCC1C(=O)O)OCc1ccccc1. The second-order valence-electron chi connectivity index (χ2n) is 4.56. The van der Waals surface area contributed by atoms with E-state index < -0.39 is 18.0 Å². The molecule has 1 unspecified atom stereocenters. The third-order valence-electron chi connectivity index (χ3n) is 3.08. The fourth-order valence-corrected chi connectivity index (χ4v) is 2.06. The molecule has 2 rings (SSSR count). The van der Waals surface area contributed by atoms with Crippen LogP contribution in [0, 0.1) is 0 Å². The predicted octanol–water partition coefficient (Wildman–Crippen LogP) is 1.21. The van der Waals surface area contributed by atoms with Gasteiger partial charge in [0.2, 0.25) is 0 Å². The lowest BCUT2D eigenvalue weighted by Gasteiger charge is -2.19. The van der Waals surface area contributed by atoms with Crippen molar-refractivity contribution >= 4 is 11.9 Å². The number of carboxylic acids is 1. The molecule has 108 valence electrons. The second-order valence-corrected chi connectivity index (χ2v) is 4.56. The lowest BCUT2D eigenvalue weighted by Crippen LogP contribution is -2.37. The molecule has 6 nitrogen and oxygen atoms in total. The van der Waals surface area contributed by atoms with Crippen molar-refractivity contribution in [3.05, 3.63) is 35.9 Å². The highest BCUT2D eigenvalue weighted by Gasteiger charge is 2.31. The van der Waals surface area contributed by atoms with E-state index in [1.807, 2.05) is 30.3 Å². The Bertz CT molecular complexity index is 462. The summed E-state index contributed by atoms with van der Waals surface area (Å²) in [6.07, 6.45) is 1.28. The van der Waals surface area contributed by atoms with Crippen LogP contribution in [0.4, 0.5) is 0 Å². The summed E-state index contributed by atoms with van der Waals surface area (Å²) in [6.45, 7) is 0.435. The molecular weight excluding hydrogens is 262 g/mol. The lowest BCUT2D eigenvalue weighted by molar-refractivity contribution is -0.198. The predicted molar refractivity (Wildman–Crippen MR) is 69.6 cm³/mol. The minimum Gasteiger partial charge on any atom is -0.480 e. The summed E-state index contributed by atoms with van der Waals surface area (Å²) in [5, 5.41) is 10.3. The van der Waals surface area contributed by atoms with Crippen LogP contribution < -0.4 is 0 Å². The van der Waals surface area contributed by atoms with Crippen molar-refractivity contribution in [2.75, 3.05) is 13.2 Å². The van der Waals surface area contributed by atoms with Crippen LogP contribution in [-0.4, -0.2) is 41.3 Å². The average molecular weight is 279 g/mol. The Hall–Kier alpha value is -1.92. The summed E-state index contributed by atoms with van der Waals surface area (Å²) in [5.41, 5.74) is 0.894. The van der Waals surface area contributed by atoms with Crippen molar-refractivity contribution in [3.8, 4) is 0 Å². The number of carbonyl (C=O) groups excluding carboxylic acids is 1. The van der Waals surface area contributed by atoms with Crippen molar-refractivity contribution < 1.29 is 24.3 Å². The molecule has 0 aliphatic carbocycles. The number of carboxylic acid groups (broad SMARTS) is 1. The molecule has 1 aliphatic rings. The fourth-order valence-electron chi connectivity index (χ4n) is 2.06. The summed E-state index contributed by atoms with van der Waals surface area (Å²) in [6, 6.07) is 8.65. The molecule has 0 radical (unpaired) electrons. The smallest absolute Gasteiger partial charge is 0.334 e. The number of ether oxygens (including phenoxy) is 1. The number of nitrogens with zero attached hydrogens (tertiary/aromatic N) is 1. The standard InChI is InChI=1S/C14H17NO5/c16-13(19-9-11-5-2-1-3-6-11)10-20-15-8-4-7-12(15)14(17)18/h1-3,5-6,12H,4,7-10H2,(H,17,18). The van der Waals surface area contributed by atoms with E-state index in [1.165, 1.54) is 5.06 Å². The van der Waals surface area contributed by atoms with Crippen molar-refractivity contribution in [3.63, 3.8) is 0 Å². The Morgan fingerprint density at radius 2 is 2.05 bits per heavy atom. The molecule has 0 aromatic heterocycles. The van der Waals surface area contributed by atoms with Crippen LogP contribution in [0.15, 0.2) is 30.3 Å². The van der Waals surface area contributed by atoms with E-state index in [-0.39, 0.29) is 13.2 Å². The molecule has 0 bridgehead atoms. The summed E-state index contributed by atoms with van der Waals surface area (Å²) < 4.78 is 5.05. The van der Waals surface area contributed by atoms with Gasteiger partial charge in [0.15, 0.2) is 6.61 Å². The fraction of sp³-hybridized carbons (Fsp3) is 0.429. The first-order chi connectivity index (χ1) is 9.66. The zero-order valence-corrected chi connectivity index (χ0v) is 11.0. The quantitative estimate of drug-likeness (QED) is 0.789. The van der Waals surface area contributed by atoms with E-state index >= 15 is 0 Å². The zero-order chi connectivity index (χ0) is 14.4. The Kier molecular flexibility index (Phi) is 5.09. The van der Waals surface area contributed by atoms with Gasteiger partial charge in [-0.05, 0) is 18.4 Å². The van der Waals surface area contributed by atoms with Crippen LogP contribution in [0.1, 0.15) is 18.4 Å². The first kappa shape index (κ1) is 14.5. The second kappa shape index (κ2) is 7.02. The molecule has 1 N–H and O–H groups in total. The van der Waals surface area contributed by atoms with Gasteiger partial charge in [0.25, 0.3) is 0 Å². The molecule has 1 atom stereocenters. The molecular formula is C14H17NO5. The van der Waals surface area contributed by atoms with Crippen molar-refractivity contribution in [2.45, 2.75) is 25.5 Å². The van der Waals surface area contributed by atoms with Gasteiger partial charge in [-0.15, -0.1) is 0 Å². The highest BCUT2D eigenvalue weighted by molar-refractivity contribution is 5.73. The van der Waals surface area contributed by atoms with Gasteiger partial charge in [0.05, 0.1) is 0 Å². The zero-order valence-electron chi connectivity index (χ0n) is 11.0. The normalized spacial score (nSPS) is 18.9. The maximum atomic E-state index is 11.5. The van der Waals surface area contributed by atoms with Crippen LogP contribution >= 0.6 is 0 Å². The van der Waals surface area contributed by atoms with Gasteiger partial charge in [0, 0.05) is 6.54 Å². The van der Waals surface area contributed by atoms with E-state index in [0.29, 0.717) is 13.0 Å². The minimum atomic E-state index is -0.930. The molecule has 0 saturated carbocycles. The third-order valence-corrected chi connectivity index (χ3v) is 3.08. The Morgan fingerprint density at radius 1 is 1.30 bits per heavy atom. The number of rotatable bonds is 6. The summed E-state index contributed by atoms with van der Waals surface area (Å²) in [5.74, 6) is -1.44. The van der Waals surface area contributed by atoms with Gasteiger partial charge in [-0.2, -0.15) is 5.06 Å². The molecule has 0 amide bonds. The summed E-state index contributed by atoms with van der Waals surface area (Å²) >= 11 is 0. The van der Waals surface area contributed by atoms with E-state index in [4.69, 9.17) is 14.7 Å². The summed E-state index contributed by atoms with van der Waals surface area (Å²) in [4.78, 5) is 27.7. The lowest BCUT2D eigenvalue weighted by atomic mass is 10.2. The maximum absolute atomic E-state index is 11.5. The Labute approximate surface area is 116 Å². The first-order valence-corrected chi connectivity index (χ1v) is 6.49. The maximum Gasteiger partial charge on any atom is 0.334 e.